The van der Waals surface area contributed by atoms with Crippen molar-refractivity contribution in [3.05, 3.63) is 0 Å². The van der Waals surface area contributed by atoms with E-state index in [1.54, 1.807) is 19.0 Å². The Balaban J connectivity index is 0.00000841. The molecular weight excluding hydrogens is 497 g/mol. The average Bonchev–Trinajstić information content (AvgIpc) is 2.65. The SMILES string of the molecule is CCN(CC1CCN(C(=NC)NCC(C)(C)C(=O)NC)CC1)C(=O)OC(C)(C)C.I. The standard InChI is InChI=1S/C21H41N5O3.HI/c1-9-25(19(28)29-20(2,3)4)14-16-10-12-26(13-11-16)18(23-8)24-15-21(5,6)17(27)22-7;/h16H,9-15H2,1-8H3,(H,22,27)(H,23,24);1H. The Morgan fingerprint density at radius 3 is 2.17 bits per heavy atom. The van der Waals surface area contributed by atoms with Crippen molar-refractivity contribution in [2.45, 2.75) is 60.0 Å². The first-order valence-corrected chi connectivity index (χ1v) is 10.6. The number of carbonyl (C=O) groups excluding carboxylic acids is 2. The summed E-state index contributed by atoms with van der Waals surface area (Å²) in [6, 6.07) is 0. The van der Waals surface area contributed by atoms with Crippen molar-refractivity contribution in [3.63, 3.8) is 0 Å². The van der Waals surface area contributed by atoms with Crippen molar-refractivity contribution in [2.24, 2.45) is 16.3 Å². The number of halogens is 1. The van der Waals surface area contributed by atoms with E-state index in [9.17, 15) is 9.59 Å². The summed E-state index contributed by atoms with van der Waals surface area (Å²) in [5, 5.41) is 6.04. The molecule has 0 aromatic carbocycles. The lowest BCUT2D eigenvalue weighted by atomic mass is 9.92. The third-order valence-electron chi connectivity index (χ3n) is 5.17. The van der Waals surface area contributed by atoms with Gasteiger partial charge in [0, 0.05) is 46.8 Å². The molecule has 0 aromatic heterocycles. The molecule has 1 saturated heterocycles. The highest BCUT2D eigenvalue weighted by Gasteiger charge is 2.29. The average molecular weight is 540 g/mol. The monoisotopic (exact) mass is 539 g/mol. The predicted octanol–water partition coefficient (Wildman–Crippen LogP) is 2.92. The van der Waals surface area contributed by atoms with Crippen molar-refractivity contribution in [1.82, 2.24) is 20.4 Å². The number of carbonyl (C=O) groups is 2. The zero-order valence-corrected chi connectivity index (χ0v) is 22.3. The van der Waals surface area contributed by atoms with Crippen LogP contribution in [0.5, 0.6) is 0 Å². The summed E-state index contributed by atoms with van der Waals surface area (Å²) >= 11 is 0. The van der Waals surface area contributed by atoms with E-state index in [0.29, 0.717) is 19.0 Å². The number of hydrogen-bond donors (Lipinski definition) is 2. The van der Waals surface area contributed by atoms with Gasteiger partial charge in [-0.1, -0.05) is 0 Å². The number of nitrogens with one attached hydrogen (secondary N) is 2. The van der Waals surface area contributed by atoms with Crippen LogP contribution in [0.4, 0.5) is 4.79 Å². The first-order valence-electron chi connectivity index (χ1n) is 10.6. The fraction of sp³-hybridized carbons (Fsp3) is 0.857. The normalized spacial score (nSPS) is 15.9. The van der Waals surface area contributed by atoms with Gasteiger partial charge in [-0.05, 0) is 60.3 Å². The van der Waals surface area contributed by atoms with Crippen molar-refractivity contribution >= 4 is 41.9 Å². The lowest BCUT2D eigenvalue weighted by Gasteiger charge is -2.37. The molecule has 9 heteroatoms. The molecule has 0 radical (unpaired) electrons. The molecule has 8 nitrogen and oxygen atoms in total. The Morgan fingerprint density at radius 1 is 1.17 bits per heavy atom. The van der Waals surface area contributed by atoms with Crippen LogP contribution < -0.4 is 10.6 Å². The zero-order valence-electron chi connectivity index (χ0n) is 20.0. The van der Waals surface area contributed by atoms with Gasteiger partial charge < -0.3 is 25.2 Å². The summed E-state index contributed by atoms with van der Waals surface area (Å²) in [5.74, 6) is 1.26. The lowest BCUT2D eigenvalue weighted by molar-refractivity contribution is -0.128. The van der Waals surface area contributed by atoms with Gasteiger partial charge in [-0.25, -0.2) is 4.79 Å². The number of nitrogens with zero attached hydrogens (tertiary/aromatic N) is 3. The molecule has 2 N–H and O–H groups in total. The van der Waals surface area contributed by atoms with Gasteiger partial charge in [0.15, 0.2) is 5.96 Å². The van der Waals surface area contributed by atoms with E-state index in [1.165, 1.54) is 0 Å². The number of ether oxygens (including phenoxy) is 1. The molecule has 1 heterocycles. The number of likely N-dealkylation sites (tertiary alicyclic amines) is 1. The Hall–Kier alpha value is -1.26. The van der Waals surface area contributed by atoms with E-state index in [4.69, 9.17) is 4.74 Å². The Kier molecular flexibility index (Phi) is 12.0. The van der Waals surface area contributed by atoms with Gasteiger partial charge in [0.1, 0.15) is 5.60 Å². The summed E-state index contributed by atoms with van der Waals surface area (Å²) in [7, 11) is 3.42. The molecule has 1 rings (SSSR count). The second-order valence-corrected chi connectivity index (χ2v) is 9.31. The molecule has 0 aromatic rings. The molecule has 0 spiro atoms. The quantitative estimate of drug-likeness (QED) is 0.308. The minimum atomic E-state index is -0.516. The molecule has 0 atom stereocenters. The molecule has 2 amide bonds. The first-order chi connectivity index (χ1) is 13.4. The highest BCUT2D eigenvalue weighted by Crippen LogP contribution is 2.20. The van der Waals surface area contributed by atoms with Gasteiger partial charge in [-0.2, -0.15) is 0 Å². The van der Waals surface area contributed by atoms with Gasteiger partial charge in [-0.15, -0.1) is 24.0 Å². The van der Waals surface area contributed by atoms with E-state index < -0.39 is 11.0 Å². The van der Waals surface area contributed by atoms with E-state index in [0.717, 1.165) is 38.4 Å². The summed E-state index contributed by atoms with van der Waals surface area (Å²) in [4.78, 5) is 32.8. The summed E-state index contributed by atoms with van der Waals surface area (Å²) in [5.41, 5.74) is -0.994. The summed E-state index contributed by atoms with van der Waals surface area (Å²) < 4.78 is 5.52. The molecule has 1 aliphatic heterocycles. The van der Waals surface area contributed by atoms with Gasteiger partial charge in [0.25, 0.3) is 0 Å². The molecule has 1 aliphatic rings. The minimum Gasteiger partial charge on any atom is -0.444 e. The van der Waals surface area contributed by atoms with Crippen LogP contribution in [0.15, 0.2) is 4.99 Å². The number of hydrogen-bond acceptors (Lipinski definition) is 4. The maximum Gasteiger partial charge on any atom is 0.410 e. The van der Waals surface area contributed by atoms with Crippen molar-refractivity contribution in [3.8, 4) is 0 Å². The van der Waals surface area contributed by atoms with Gasteiger partial charge in [0.05, 0.1) is 5.41 Å². The Bertz CT molecular complexity index is 582. The second kappa shape index (κ2) is 12.6. The smallest absolute Gasteiger partial charge is 0.410 e. The lowest BCUT2D eigenvalue weighted by Crippen LogP contribution is -2.51. The number of guanidine groups is 1. The topological polar surface area (TPSA) is 86.3 Å². The number of rotatable bonds is 6. The third kappa shape index (κ3) is 9.26. The third-order valence-corrected chi connectivity index (χ3v) is 5.17. The number of aliphatic imine (C=N–C) groups is 1. The highest BCUT2D eigenvalue weighted by atomic mass is 127. The molecule has 30 heavy (non-hydrogen) atoms. The number of piperidine rings is 1. The fourth-order valence-corrected chi connectivity index (χ4v) is 3.35. The van der Waals surface area contributed by atoms with E-state index in [-0.39, 0.29) is 36.0 Å². The highest BCUT2D eigenvalue weighted by molar-refractivity contribution is 14.0. The second-order valence-electron chi connectivity index (χ2n) is 9.31. The van der Waals surface area contributed by atoms with Crippen molar-refractivity contribution in [2.75, 3.05) is 46.8 Å². The predicted molar refractivity (Wildman–Crippen MR) is 132 cm³/mol. The van der Waals surface area contributed by atoms with Crippen LogP contribution in [0.25, 0.3) is 0 Å². The van der Waals surface area contributed by atoms with E-state index >= 15 is 0 Å². The van der Waals surface area contributed by atoms with Crippen molar-refractivity contribution < 1.29 is 14.3 Å². The maximum absolute atomic E-state index is 12.4. The fourth-order valence-electron chi connectivity index (χ4n) is 3.35. The summed E-state index contributed by atoms with van der Waals surface area (Å²) in [6.07, 6.45) is 1.73. The first kappa shape index (κ1) is 28.7. The zero-order chi connectivity index (χ0) is 22.2. The van der Waals surface area contributed by atoms with Crippen molar-refractivity contribution in [1.29, 1.82) is 0 Å². The van der Waals surface area contributed by atoms with Crippen LogP contribution in [-0.4, -0.2) is 80.2 Å². The minimum absolute atomic E-state index is 0. The largest absolute Gasteiger partial charge is 0.444 e. The number of amides is 2. The Labute approximate surface area is 199 Å². The molecular formula is C21H42IN5O3. The van der Waals surface area contributed by atoms with Gasteiger partial charge in [-0.3, -0.25) is 9.79 Å². The van der Waals surface area contributed by atoms with Crippen LogP contribution in [0.2, 0.25) is 0 Å². The van der Waals surface area contributed by atoms with E-state index in [2.05, 4.69) is 20.5 Å². The van der Waals surface area contributed by atoms with Gasteiger partial charge >= 0.3 is 6.09 Å². The molecule has 0 aliphatic carbocycles. The molecule has 0 bridgehead atoms. The summed E-state index contributed by atoms with van der Waals surface area (Å²) in [6.45, 7) is 15.1. The Morgan fingerprint density at radius 2 is 1.73 bits per heavy atom. The molecule has 0 unspecified atom stereocenters. The molecule has 0 saturated carbocycles. The maximum atomic E-state index is 12.4. The van der Waals surface area contributed by atoms with Crippen LogP contribution in [-0.2, 0) is 9.53 Å². The van der Waals surface area contributed by atoms with Crippen LogP contribution in [0.3, 0.4) is 0 Å². The van der Waals surface area contributed by atoms with Crippen LogP contribution in [0.1, 0.15) is 54.4 Å². The molecule has 1 fully saturated rings. The van der Waals surface area contributed by atoms with Gasteiger partial charge in [0.2, 0.25) is 5.91 Å². The van der Waals surface area contributed by atoms with Crippen LogP contribution in [0, 0.1) is 11.3 Å². The molecule has 176 valence electrons. The van der Waals surface area contributed by atoms with E-state index in [1.807, 2.05) is 41.5 Å². The van der Waals surface area contributed by atoms with Crippen LogP contribution >= 0.6 is 24.0 Å².